The van der Waals surface area contributed by atoms with Crippen molar-refractivity contribution < 1.29 is 0 Å². The highest BCUT2D eigenvalue weighted by Crippen LogP contribution is 2.65. The summed E-state index contributed by atoms with van der Waals surface area (Å²) in [5.41, 5.74) is 1.10. The maximum absolute atomic E-state index is 3.77. The standard InChI is InChI=1S/C13H25N/c1-9(2)14-11-8-10-6-7-13(11,5)12(10,3)4/h9-11,14H,6-8H2,1-5H3. The fourth-order valence-corrected chi connectivity index (χ4v) is 3.86. The van der Waals surface area contributed by atoms with Crippen molar-refractivity contribution in [1.82, 2.24) is 5.32 Å². The largest absolute Gasteiger partial charge is 0.311 e. The highest BCUT2D eigenvalue weighted by molar-refractivity contribution is 5.13. The Morgan fingerprint density at radius 3 is 2.21 bits per heavy atom. The molecule has 0 aromatic rings. The van der Waals surface area contributed by atoms with E-state index in [1.165, 1.54) is 19.3 Å². The lowest BCUT2D eigenvalue weighted by Gasteiger charge is -2.40. The third kappa shape index (κ3) is 1.18. The van der Waals surface area contributed by atoms with E-state index >= 15 is 0 Å². The third-order valence-corrected chi connectivity index (χ3v) is 5.33. The van der Waals surface area contributed by atoms with Gasteiger partial charge in [0, 0.05) is 12.1 Å². The van der Waals surface area contributed by atoms with Gasteiger partial charge in [0.05, 0.1) is 0 Å². The Kier molecular flexibility index (Phi) is 2.23. The zero-order valence-electron chi connectivity index (χ0n) is 10.4. The molecule has 14 heavy (non-hydrogen) atoms. The molecule has 3 atom stereocenters. The van der Waals surface area contributed by atoms with E-state index < -0.39 is 0 Å². The smallest absolute Gasteiger partial charge is 0.0131 e. The maximum Gasteiger partial charge on any atom is 0.0131 e. The molecule has 2 rings (SSSR count). The van der Waals surface area contributed by atoms with Crippen LogP contribution < -0.4 is 5.32 Å². The zero-order chi connectivity index (χ0) is 10.6. The summed E-state index contributed by atoms with van der Waals surface area (Å²) >= 11 is 0. The molecule has 1 N–H and O–H groups in total. The lowest BCUT2D eigenvalue weighted by molar-refractivity contribution is 0.117. The van der Waals surface area contributed by atoms with Crippen molar-refractivity contribution in [3.8, 4) is 0 Å². The topological polar surface area (TPSA) is 12.0 Å². The molecule has 0 spiro atoms. The van der Waals surface area contributed by atoms with Crippen molar-refractivity contribution in [3.05, 3.63) is 0 Å². The van der Waals surface area contributed by atoms with Gasteiger partial charge in [-0.1, -0.05) is 34.6 Å². The van der Waals surface area contributed by atoms with Gasteiger partial charge < -0.3 is 5.32 Å². The van der Waals surface area contributed by atoms with Crippen molar-refractivity contribution in [2.75, 3.05) is 0 Å². The SMILES string of the molecule is CC(C)NC1CC2CCC1(C)C2(C)C. The average molecular weight is 195 g/mol. The highest BCUT2D eigenvalue weighted by Gasteiger charge is 2.61. The van der Waals surface area contributed by atoms with Crippen LogP contribution in [0.3, 0.4) is 0 Å². The van der Waals surface area contributed by atoms with Gasteiger partial charge in [0.25, 0.3) is 0 Å². The third-order valence-electron chi connectivity index (χ3n) is 5.33. The maximum atomic E-state index is 3.77. The normalized spacial score (nSPS) is 45.0. The lowest BCUT2D eigenvalue weighted by atomic mass is 9.69. The quantitative estimate of drug-likeness (QED) is 0.713. The van der Waals surface area contributed by atoms with Crippen molar-refractivity contribution in [1.29, 1.82) is 0 Å². The Morgan fingerprint density at radius 2 is 1.86 bits per heavy atom. The Labute approximate surface area is 88.7 Å². The molecular formula is C13H25N. The first-order valence-corrected chi connectivity index (χ1v) is 6.14. The van der Waals surface area contributed by atoms with Gasteiger partial charge in [-0.25, -0.2) is 0 Å². The summed E-state index contributed by atoms with van der Waals surface area (Å²) in [7, 11) is 0. The Hall–Kier alpha value is -0.0400. The first-order chi connectivity index (χ1) is 6.38. The number of hydrogen-bond donors (Lipinski definition) is 1. The second-order valence-corrected chi connectivity index (χ2v) is 6.48. The van der Waals surface area contributed by atoms with Crippen LogP contribution in [0, 0.1) is 16.7 Å². The van der Waals surface area contributed by atoms with Gasteiger partial charge in [-0.15, -0.1) is 0 Å². The predicted octanol–water partition coefficient (Wildman–Crippen LogP) is 3.20. The van der Waals surface area contributed by atoms with Crippen LogP contribution in [0.4, 0.5) is 0 Å². The van der Waals surface area contributed by atoms with Crippen molar-refractivity contribution in [3.63, 3.8) is 0 Å². The second-order valence-electron chi connectivity index (χ2n) is 6.48. The van der Waals surface area contributed by atoms with E-state index in [4.69, 9.17) is 0 Å². The monoisotopic (exact) mass is 195 g/mol. The molecule has 0 heterocycles. The van der Waals surface area contributed by atoms with E-state index in [0.29, 0.717) is 16.9 Å². The molecule has 3 unspecified atom stereocenters. The van der Waals surface area contributed by atoms with E-state index in [0.717, 1.165) is 12.0 Å². The predicted molar refractivity (Wildman–Crippen MR) is 61.3 cm³/mol. The molecular weight excluding hydrogens is 170 g/mol. The summed E-state index contributed by atoms with van der Waals surface area (Å²) < 4.78 is 0. The molecule has 0 aromatic heterocycles. The first kappa shape index (κ1) is 10.5. The van der Waals surface area contributed by atoms with E-state index in [9.17, 15) is 0 Å². The van der Waals surface area contributed by atoms with Crippen LogP contribution >= 0.6 is 0 Å². The minimum atomic E-state index is 0.544. The van der Waals surface area contributed by atoms with Crippen LogP contribution in [-0.2, 0) is 0 Å². The van der Waals surface area contributed by atoms with Crippen LogP contribution in [0.5, 0.6) is 0 Å². The zero-order valence-corrected chi connectivity index (χ0v) is 10.4. The van der Waals surface area contributed by atoms with Gasteiger partial charge in [-0.05, 0) is 36.0 Å². The fourth-order valence-electron chi connectivity index (χ4n) is 3.86. The van der Waals surface area contributed by atoms with Crippen LogP contribution in [0.25, 0.3) is 0 Å². The van der Waals surface area contributed by atoms with Gasteiger partial charge in [0.1, 0.15) is 0 Å². The summed E-state index contributed by atoms with van der Waals surface area (Å²) in [5, 5.41) is 3.77. The summed E-state index contributed by atoms with van der Waals surface area (Å²) in [6.45, 7) is 12.0. The van der Waals surface area contributed by atoms with Gasteiger partial charge >= 0.3 is 0 Å². The molecule has 0 amide bonds. The van der Waals surface area contributed by atoms with Crippen LogP contribution in [-0.4, -0.2) is 12.1 Å². The molecule has 0 saturated heterocycles. The van der Waals surface area contributed by atoms with E-state index in [-0.39, 0.29) is 0 Å². The minimum Gasteiger partial charge on any atom is -0.311 e. The molecule has 1 heteroatoms. The van der Waals surface area contributed by atoms with E-state index in [1.54, 1.807) is 0 Å². The molecule has 2 saturated carbocycles. The van der Waals surface area contributed by atoms with Crippen LogP contribution in [0.15, 0.2) is 0 Å². The Morgan fingerprint density at radius 1 is 1.21 bits per heavy atom. The van der Waals surface area contributed by atoms with Gasteiger partial charge in [-0.2, -0.15) is 0 Å². The van der Waals surface area contributed by atoms with Crippen LogP contribution in [0.1, 0.15) is 53.9 Å². The van der Waals surface area contributed by atoms with E-state index in [2.05, 4.69) is 39.9 Å². The van der Waals surface area contributed by atoms with Gasteiger partial charge in [0.15, 0.2) is 0 Å². The number of rotatable bonds is 2. The number of fused-ring (bicyclic) bond motifs is 2. The molecule has 0 aromatic carbocycles. The average Bonchev–Trinajstić information content (AvgIpc) is 2.35. The molecule has 1 nitrogen and oxygen atoms in total. The molecule has 82 valence electrons. The lowest BCUT2D eigenvalue weighted by Crippen LogP contribution is -2.46. The Balaban J connectivity index is 2.19. The molecule has 0 aliphatic heterocycles. The summed E-state index contributed by atoms with van der Waals surface area (Å²) in [4.78, 5) is 0. The van der Waals surface area contributed by atoms with Gasteiger partial charge in [0.2, 0.25) is 0 Å². The molecule has 2 bridgehead atoms. The summed E-state index contributed by atoms with van der Waals surface area (Å²) in [5.74, 6) is 0.962. The molecule has 2 fully saturated rings. The first-order valence-electron chi connectivity index (χ1n) is 6.14. The van der Waals surface area contributed by atoms with Crippen molar-refractivity contribution in [2.24, 2.45) is 16.7 Å². The fraction of sp³-hybridized carbons (Fsp3) is 1.00. The molecule has 2 aliphatic rings. The van der Waals surface area contributed by atoms with E-state index in [1.807, 2.05) is 0 Å². The van der Waals surface area contributed by atoms with Gasteiger partial charge in [-0.3, -0.25) is 0 Å². The Bertz CT molecular complexity index is 231. The number of nitrogens with one attached hydrogen (secondary N) is 1. The molecule has 0 radical (unpaired) electrons. The number of hydrogen-bond acceptors (Lipinski definition) is 1. The highest BCUT2D eigenvalue weighted by atomic mass is 15.0. The summed E-state index contributed by atoms with van der Waals surface area (Å²) in [6, 6.07) is 1.39. The summed E-state index contributed by atoms with van der Waals surface area (Å²) in [6.07, 6.45) is 4.29. The van der Waals surface area contributed by atoms with Crippen molar-refractivity contribution in [2.45, 2.75) is 66.0 Å². The van der Waals surface area contributed by atoms with Crippen molar-refractivity contribution >= 4 is 0 Å². The minimum absolute atomic E-state index is 0.544. The van der Waals surface area contributed by atoms with Crippen LogP contribution in [0.2, 0.25) is 0 Å². The second kappa shape index (κ2) is 2.98. The molecule has 2 aliphatic carbocycles.